The first kappa shape index (κ1) is 61.5. The monoisotopic (exact) mass is 1140 g/mol. The summed E-state index contributed by atoms with van der Waals surface area (Å²) in [4.78, 5) is 115. The van der Waals surface area contributed by atoms with Crippen molar-refractivity contribution in [2.45, 2.75) is 90.8 Å². The number of rotatable bonds is 31. The van der Waals surface area contributed by atoms with E-state index in [0.29, 0.717) is 55.7 Å². The van der Waals surface area contributed by atoms with Gasteiger partial charge in [0.15, 0.2) is 12.4 Å². The lowest BCUT2D eigenvalue weighted by molar-refractivity contribution is -0.171. The summed E-state index contributed by atoms with van der Waals surface area (Å²) in [6.45, 7) is 6.17. The van der Waals surface area contributed by atoms with Crippen molar-refractivity contribution in [3.63, 3.8) is 0 Å². The van der Waals surface area contributed by atoms with Gasteiger partial charge in [-0.2, -0.15) is 5.06 Å². The van der Waals surface area contributed by atoms with Gasteiger partial charge in [-0.05, 0) is 71.5 Å². The fourth-order valence-electron chi connectivity index (χ4n) is 9.00. The Kier molecular flexibility index (Phi) is 24.0. The van der Waals surface area contributed by atoms with Gasteiger partial charge in [0.25, 0.3) is 11.8 Å². The fraction of sp³-hybridized carbons (Fsp3) is 0.333. The Morgan fingerprint density at radius 2 is 1.30 bits per heavy atom. The maximum atomic E-state index is 14.2. The summed E-state index contributed by atoms with van der Waals surface area (Å²) >= 11 is 0. The minimum atomic E-state index is -1.52. The number of carbonyl (C=O) groups is 8. The number of morpholine rings is 1. The van der Waals surface area contributed by atoms with Crippen LogP contribution in [0.15, 0.2) is 150 Å². The summed E-state index contributed by atoms with van der Waals surface area (Å²) in [6.07, 6.45) is 2.75. The first-order valence-electron chi connectivity index (χ1n) is 27.6. The van der Waals surface area contributed by atoms with Gasteiger partial charge in [-0.3, -0.25) is 28.9 Å². The highest BCUT2D eigenvalue weighted by Gasteiger charge is 2.34. The standard InChI is InChI=1S/C63H69N5O15/c1-3-5-9-22-50(53(4-2)68(43-69)83-62(75)48-25-23-44(24-26-48)37-67-31-33-77-34-32-67)59(72)64-42-65-61(74)55-30-29-54(82-55)49-27-28-51(56(35-49)78-41-58(71)80-39-46-18-12-7-13-19-46)60(73)66-52(63(76)81-40-47-20-14-8-15-21-47)36-57(70)79-38-45-16-10-6-11-17-45/h6-8,10-21,23-30,35,43,50,52-53H,3-5,9,22,31-34,36-42H2,1-2H3,(H,64,72)(H,65,74)(H,66,73). The number of hydrogen-bond acceptors (Lipinski definition) is 16. The van der Waals surface area contributed by atoms with Gasteiger partial charge in [0.2, 0.25) is 12.3 Å². The van der Waals surface area contributed by atoms with E-state index in [1.165, 1.54) is 30.3 Å². The highest BCUT2D eigenvalue weighted by molar-refractivity contribution is 6.00. The second-order valence-electron chi connectivity index (χ2n) is 19.5. The molecule has 0 bridgehead atoms. The molecule has 1 saturated heterocycles. The molecule has 5 aromatic carbocycles. The van der Waals surface area contributed by atoms with Gasteiger partial charge in [0.1, 0.15) is 37.4 Å². The van der Waals surface area contributed by atoms with Crippen molar-refractivity contribution in [1.82, 2.24) is 25.9 Å². The summed E-state index contributed by atoms with van der Waals surface area (Å²) in [5.41, 5.74) is 3.49. The van der Waals surface area contributed by atoms with Crippen LogP contribution in [0.25, 0.3) is 11.3 Å². The minimum absolute atomic E-state index is 0.0496. The quantitative estimate of drug-likeness (QED) is 0.00935. The molecule has 1 aliphatic rings. The molecule has 0 saturated carbocycles. The summed E-state index contributed by atoms with van der Waals surface area (Å²) in [5, 5.41) is 8.84. The Morgan fingerprint density at radius 1 is 0.675 bits per heavy atom. The summed E-state index contributed by atoms with van der Waals surface area (Å²) < 4.78 is 33.7. The molecule has 3 N–H and O–H groups in total. The van der Waals surface area contributed by atoms with Crippen molar-refractivity contribution in [3.05, 3.63) is 185 Å². The van der Waals surface area contributed by atoms with Crippen LogP contribution in [0, 0.1) is 5.92 Å². The number of nitrogens with zero attached hydrogens (tertiary/aromatic N) is 2. The van der Waals surface area contributed by atoms with Gasteiger partial charge in [0, 0.05) is 25.2 Å². The number of unbranched alkanes of at least 4 members (excludes halogenated alkanes) is 2. The molecule has 20 heteroatoms. The van der Waals surface area contributed by atoms with Crippen LogP contribution in [0.1, 0.15) is 106 Å². The average Bonchev–Trinajstić information content (AvgIpc) is 4.26. The van der Waals surface area contributed by atoms with Crippen molar-refractivity contribution in [2.75, 3.05) is 39.6 Å². The van der Waals surface area contributed by atoms with Crippen LogP contribution < -0.4 is 20.7 Å². The van der Waals surface area contributed by atoms with Crippen molar-refractivity contribution < 1.29 is 71.3 Å². The number of hydroxylamine groups is 2. The Hall–Kier alpha value is -9.14. The van der Waals surface area contributed by atoms with E-state index < -0.39 is 72.6 Å². The molecule has 20 nitrogen and oxygen atoms in total. The molecule has 0 spiro atoms. The number of esters is 3. The molecule has 2 heterocycles. The van der Waals surface area contributed by atoms with Crippen LogP contribution in [0.3, 0.4) is 0 Å². The maximum Gasteiger partial charge on any atom is 0.363 e. The molecule has 1 fully saturated rings. The zero-order chi connectivity index (χ0) is 58.8. The molecule has 0 radical (unpaired) electrons. The highest BCUT2D eigenvalue weighted by Crippen LogP contribution is 2.30. The van der Waals surface area contributed by atoms with Crippen LogP contribution in [0.5, 0.6) is 5.75 Å². The molecule has 4 amide bonds. The molecular weight excluding hydrogens is 1070 g/mol. The first-order valence-corrected chi connectivity index (χ1v) is 27.6. The third-order valence-corrected chi connectivity index (χ3v) is 13.5. The second-order valence-corrected chi connectivity index (χ2v) is 19.5. The summed E-state index contributed by atoms with van der Waals surface area (Å²) in [5.74, 6) is -6.28. The smallest absolute Gasteiger partial charge is 0.363 e. The molecule has 3 atom stereocenters. The number of amides is 4. The van der Waals surface area contributed by atoms with Crippen molar-refractivity contribution in [1.29, 1.82) is 0 Å². The highest BCUT2D eigenvalue weighted by atomic mass is 16.7. The predicted molar refractivity (Wildman–Crippen MR) is 302 cm³/mol. The van der Waals surface area contributed by atoms with Crippen molar-refractivity contribution in [3.8, 4) is 17.1 Å². The first-order chi connectivity index (χ1) is 40.4. The molecule has 1 aliphatic heterocycles. The van der Waals surface area contributed by atoms with Crippen molar-refractivity contribution in [2.24, 2.45) is 5.92 Å². The van der Waals surface area contributed by atoms with E-state index in [0.717, 1.165) is 42.1 Å². The van der Waals surface area contributed by atoms with Crippen LogP contribution in [-0.4, -0.2) is 110 Å². The van der Waals surface area contributed by atoms with Crippen molar-refractivity contribution >= 4 is 48.0 Å². The largest absolute Gasteiger partial charge is 0.481 e. The number of ether oxygens (including phenoxy) is 5. The lowest BCUT2D eigenvalue weighted by Gasteiger charge is -2.31. The third kappa shape index (κ3) is 19.2. The van der Waals surface area contributed by atoms with Crippen LogP contribution in [-0.2, 0) is 74.1 Å². The molecular formula is C63H69N5O15. The number of nitrogens with one attached hydrogen (secondary N) is 3. The van der Waals surface area contributed by atoms with E-state index in [1.807, 2.05) is 31.2 Å². The van der Waals surface area contributed by atoms with E-state index in [4.69, 9.17) is 32.9 Å². The zero-order valence-electron chi connectivity index (χ0n) is 46.5. The van der Waals surface area contributed by atoms with Crippen LogP contribution in [0.4, 0.5) is 0 Å². The summed E-state index contributed by atoms with van der Waals surface area (Å²) in [6, 6.07) is 38.4. The number of benzene rings is 5. The molecule has 0 aliphatic carbocycles. The molecule has 6 aromatic rings. The van der Waals surface area contributed by atoms with E-state index in [2.05, 4.69) is 20.9 Å². The predicted octanol–water partition coefficient (Wildman–Crippen LogP) is 7.89. The molecule has 3 unspecified atom stereocenters. The lowest BCUT2D eigenvalue weighted by Crippen LogP contribution is -2.49. The molecule has 1 aromatic heterocycles. The Morgan fingerprint density at radius 3 is 1.92 bits per heavy atom. The van der Waals surface area contributed by atoms with Gasteiger partial charge in [0.05, 0.1) is 49.4 Å². The molecule has 436 valence electrons. The van der Waals surface area contributed by atoms with Crippen LogP contribution in [0.2, 0.25) is 0 Å². The van der Waals surface area contributed by atoms with Gasteiger partial charge >= 0.3 is 23.9 Å². The Balaban J connectivity index is 1.02. The van der Waals surface area contributed by atoms with E-state index in [-0.39, 0.29) is 61.3 Å². The van der Waals surface area contributed by atoms with E-state index >= 15 is 0 Å². The molecule has 83 heavy (non-hydrogen) atoms. The minimum Gasteiger partial charge on any atom is -0.481 e. The number of furan rings is 1. The summed E-state index contributed by atoms with van der Waals surface area (Å²) in [7, 11) is 0. The topological polar surface area (TPSA) is 248 Å². The zero-order valence-corrected chi connectivity index (χ0v) is 46.5. The maximum absolute atomic E-state index is 14.2. The lowest BCUT2D eigenvalue weighted by atomic mass is 9.90. The number of hydrogen-bond donors (Lipinski definition) is 3. The molecule has 7 rings (SSSR count). The van der Waals surface area contributed by atoms with E-state index in [9.17, 15) is 38.4 Å². The van der Waals surface area contributed by atoms with Gasteiger partial charge in [-0.15, -0.1) is 0 Å². The third-order valence-electron chi connectivity index (χ3n) is 13.5. The average molecular weight is 1140 g/mol. The van der Waals surface area contributed by atoms with Gasteiger partial charge < -0.3 is 48.9 Å². The Labute approximate surface area is 481 Å². The van der Waals surface area contributed by atoms with Crippen LogP contribution >= 0.6 is 0 Å². The normalized spacial score (nSPS) is 13.2. The SMILES string of the molecule is CCCCCC(C(=O)NCNC(=O)c1ccc(-c2ccc(C(=O)NC(CC(=O)OCc3ccccc3)C(=O)OCc3ccccc3)c(OCC(=O)OCc3ccccc3)c2)o1)C(CC)N(C=O)OC(=O)c1ccc(CN2CCOCC2)cc1. The van der Waals surface area contributed by atoms with Gasteiger partial charge in [-0.1, -0.05) is 142 Å². The number of carbonyl (C=O) groups excluding carboxylic acids is 8. The Bertz CT molecular complexity index is 3080. The van der Waals surface area contributed by atoms with Gasteiger partial charge in [-0.25, -0.2) is 14.4 Å². The second kappa shape index (κ2) is 32.3. The van der Waals surface area contributed by atoms with E-state index in [1.54, 1.807) is 97.9 Å². The fourth-order valence-corrected chi connectivity index (χ4v) is 9.00.